The molecule has 39 heavy (non-hydrogen) atoms. The van der Waals surface area contributed by atoms with Gasteiger partial charge in [0.2, 0.25) is 11.8 Å². The maximum absolute atomic E-state index is 11.9. The van der Waals surface area contributed by atoms with E-state index in [4.69, 9.17) is 8.94 Å². The number of aliphatic carboxylic acids is 1. The lowest BCUT2D eigenvalue weighted by Gasteiger charge is -2.34. The first-order chi connectivity index (χ1) is 18.8. The summed E-state index contributed by atoms with van der Waals surface area (Å²) in [6, 6.07) is 17.6. The topological polar surface area (TPSA) is 122 Å². The lowest BCUT2D eigenvalue weighted by atomic mass is 9.69. The summed E-state index contributed by atoms with van der Waals surface area (Å²) in [5.41, 5.74) is 3.85. The van der Waals surface area contributed by atoms with Crippen LogP contribution in [0.15, 0.2) is 81.8 Å². The van der Waals surface area contributed by atoms with Gasteiger partial charge in [0.1, 0.15) is 0 Å². The maximum atomic E-state index is 11.9. The van der Waals surface area contributed by atoms with Gasteiger partial charge < -0.3 is 19.2 Å². The Hall–Kier alpha value is -4.30. The van der Waals surface area contributed by atoms with Crippen LogP contribution in [0, 0.1) is 17.8 Å². The predicted molar refractivity (Wildman–Crippen MR) is 143 cm³/mol. The van der Waals surface area contributed by atoms with Crippen molar-refractivity contribution in [3.05, 3.63) is 107 Å². The van der Waals surface area contributed by atoms with E-state index in [-0.39, 0.29) is 11.3 Å². The number of aryl methyl sites for hydroxylation is 1. The molecule has 0 aliphatic heterocycles. The first-order valence-electron chi connectivity index (χ1n) is 13.0. The monoisotopic (exact) mass is 523 g/mol. The van der Waals surface area contributed by atoms with Crippen molar-refractivity contribution in [3.8, 4) is 11.3 Å². The van der Waals surface area contributed by atoms with E-state index in [1.54, 1.807) is 6.92 Å². The van der Waals surface area contributed by atoms with E-state index < -0.39 is 17.5 Å². The first-order valence-corrected chi connectivity index (χ1v) is 13.0. The first kappa shape index (κ1) is 25.0. The molecule has 2 aromatic carbocycles. The largest absolute Gasteiger partial charge is 0.481 e. The van der Waals surface area contributed by atoms with Gasteiger partial charge in [0.05, 0.1) is 23.1 Å². The fourth-order valence-electron chi connectivity index (χ4n) is 5.52. The highest BCUT2D eigenvalue weighted by atomic mass is 16.5. The van der Waals surface area contributed by atoms with Crippen molar-refractivity contribution in [2.75, 3.05) is 0 Å². The van der Waals surface area contributed by atoms with Gasteiger partial charge in [-0.15, -0.1) is 10.2 Å². The lowest BCUT2D eigenvalue weighted by Crippen LogP contribution is -2.34. The highest BCUT2D eigenvalue weighted by Crippen LogP contribution is 2.62. The zero-order valence-electron chi connectivity index (χ0n) is 21.8. The van der Waals surface area contributed by atoms with Gasteiger partial charge in [-0.05, 0) is 42.9 Å². The third-order valence-electron chi connectivity index (χ3n) is 8.21. The van der Waals surface area contributed by atoms with Crippen LogP contribution in [0.1, 0.15) is 66.5 Å². The molecule has 2 aliphatic rings. The Bertz CT molecular complexity index is 1580. The summed E-state index contributed by atoms with van der Waals surface area (Å²) < 4.78 is 11.4. The summed E-state index contributed by atoms with van der Waals surface area (Å²) in [5.74, 6) is 0.230. The SMILES string of the molecule is Cc1noc(-c2ccc(C3=CCC(C)(C4(C(=O)O)CC4)C=C3)cc2)c1C(O)c1nnc(Cc2ccccc2)o1. The Morgan fingerprint density at radius 3 is 2.41 bits per heavy atom. The van der Waals surface area contributed by atoms with Crippen LogP contribution < -0.4 is 0 Å². The van der Waals surface area contributed by atoms with E-state index >= 15 is 0 Å². The highest BCUT2D eigenvalue weighted by molar-refractivity contribution is 5.82. The van der Waals surface area contributed by atoms with E-state index in [1.165, 1.54) is 0 Å². The molecule has 6 rings (SSSR count). The number of carbonyl (C=O) groups is 1. The third-order valence-corrected chi connectivity index (χ3v) is 8.21. The minimum atomic E-state index is -1.19. The summed E-state index contributed by atoms with van der Waals surface area (Å²) in [6.45, 7) is 3.80. The van der Waals surface area contributed by atoms with Crippen LogP contribution in [-0.4, -0.2) is 31.5 Å². The molecule has 2 unspecified atom stereocenters. The van der Waals surface area contributed by atoms with E-state index in [0.29, 0.717) is 35.7 Å². The molecular formula is C31H29N3O5. The van der Waals surface area contributed by atoms with Crippen molar-refractivity contribution in [2.24, 2.45) is 10.8 Å². The molecule has 198 valence electrons. The number of hydrogen-bond donors (Lipinski definition) is 2. The van der Waals surface area contributed by atoms with Crippen molar-refractivity contribution in [3.63, 3.8) is 0 Å². The van der Waals surface area contributed by atoms with Crippen LogP contribution in [0.3, 0.4) is 0 Å². The molecule has 1 saturated carbocycles. The van der Waals surface area contributed by atoms with Gasteiger partial charge in [-0.1, -0.05) is 84.9 Å². The van der Waals surface area contributed by atoms with Crippen LogP contribution >= 0.6 is 0 Å². The molecule has 0 amide bonds. The molecule has 2 aromatic heterocycles. The average molecular weight is 524 g/mol. The van der Waals surface area contributed by atoms with E-state index in [0.717, 1.165) is 35.1 Å². The molecule has 0 saturated heterocycles. The summed E-state index contributed by atoms with van der Waals surface area (Å²) in [6.07, 6.45) is 7.62. The number of hydrogen-bond acceptors (Lipinski definition) is 7. The van der Waals surface area contributed by atoms with Crippen LogP contribution in [-0.2, 0) is 11.2 Å². The third kappa shape index (κ3) is 4.40. The second-order valence-electron chi connectivity index (χ2n) is 10.7. The van der Waals surface area contributed by atoms with Crippen molar-refractivity contribution >= 4 is 11.5 Å². The van der Waals surface area contributed by atoms with Crippen LogP contribution in [0.25, 0.3) is 16.9 Å². The minimum Gasteiger partial charge on any atom is -0.481 e. The normalized spacial score (nSPS) is 20.4. The molecule has 2 heterocycles. The molecule has 2 N–H and O–H groups in total. The maximum Gasteiger partial charge on any atom is 0.310 e. The van der Waals surface area contributed by atoms with Crippen molar-refractivity contribution in [1.82, 2.24) is 15.4 Å². The molecule has 8 heteroatoms. The second kappa shape index (κ2) is 9.47. The number of aromatic nitrogens is 3. The van der Waals surface area contributed by atoms with Gasteiger partial charge in [0.15, 0.2) is 11.9 Å². The van der Waals surface area contributed by atoms with Gasteiger partial charge in [-0.3, -0.25) is 4.79 Å². The Kier molecular flexibility index (Phi) is 6.07. The Labute approximate surface area is 225 Å². The Balaban J connectivity index is 1.20. The highest BCUT2D eigenvalue weighted by Gasteiger charge is 2.61. The molecule has 0 spiro atoms. The van der Waals surface area contributed by atoms with E-state index in [1.807, 2.05) is 67.6 Å². The predicted octanol–water partition coefficient (Wildman–Crippen LogP) is 5.92. The quantitative estimate of drug-likeness (QED) is 0.292. The van der Waals surface area contributed by atoms with Gasteiger partial charge >= 0.3 is 5.97 Å². The smallest absolute Gasteiger partial charge is 0.310 e. The van der Waals surface area contributed by atoms with Crippen LogP contribution in [0.4, 0.5) is 0 Å². The van der Waals surface area contributed by atoms with Crippen molar-refractivity contribution in [2.45, 2.75) is 45.6 Å². The fourth-order valence-corrected chi connectivity index (χ4v) is 5.52. The number of benzene rings is 2. The molecule has 8 nitrogen and oxygen atoms in total. The summed E-state index contributed by atoms with van der Waals surface area (Å²) in [5, 5.41) is 33.2. The number of allylic oxidation sites excluding steroid dienone is 4. The molecule has 1 fully saturated rings. The number of nitrogens with zero attached hydrogens (tertiary/aromatic N) is 3. The van der Waals surface area contributed by atoms with E-state index in [9.17, 15) is 15.0 Å². The minimum absolute atomic E-state index is 0.0837. The zero-order valence-corrected chi connectivity index (χ0v) is 21.8. The Morgan fingerprint density at radius 2 is 1.77 bits per heavy atom. The van der Waals surface area contributed by atoms with Gasteiger partial charge in [0, 0.05) is 11.0 Å². The molecule has 2 aliphatic carbocycles. The average Bonchev–Trinajstić information content (AvgIpc) is 3.52. The van der Waals surface area contributed by atoms with Gasteiger partial charge in [-0.25, -0.2) is 0 Å². The molecule has 0 radical (unpaired) electrons. The Morgan fingerprint density at radius 1 is 1.05 bits per heavy atom. The van der Waals surface area contributed by atoms with E-state index in [2.05, 4.69) is 27.5 Å². The van der Waals surface area contributed by atoms with Crippen molar-refractivity contribution in [1.29, 1.82) is 0 Å². The zero-order chi connectivity index (χ0) is 27.2. The summed E-state index contributed by atoms with van der Waals surface area (Å²) in [4.78, 5) is 11.9. The molecule has 0 bridgehead atoms. The molecular weight excluding hydrogens is 494 g/mol. The van der Waals surface area contributed by atoms with Crippen LogP contribution in [0.5, 0.6) is 0 Å². The lowest BCUT2D eigenvalue weighted by molar-refractivity contribution is -0.147. The number of carboxylic acids is 1. The standard InChI is InChI=1S/C31H29N3O5/c1-19-25(26(35)28-33-32-24(38-28)18-20-6-4-3-5-7-20)27(39-34-19)23-10-8-21(9-11-23)22-12-14-30(2,15-13-22)31(16-17-31)29(36)37/h3-14,26,35H,15-18H2,1-2H3,(H,36,37). The van der Waals surface area contributed by atoms with Gasteiger partial charge in [0.25, 0.3) is 0 Å². The number of aliphatic hydroxyl groups excluding tert-OH is 1. The molecule has 2 atom stereocenters. The number of aliphatic hydroxyl groups is 1. The second-order valence-corrected chi connectivity index (χ2v) is 10.7. The van der Waals surface area contributed by atoms with Crippen LogP contribution in [0.2, 0.25) is 0 Å². The number of rotatable bonds is 8. The van der Waals surface area contributed by atoms with Crippen molar-refractivity contribution < 1.29 is 23.9 Å². The summed E-state index contributed by atoms with van der Waals surface area (Å²) >= 11 is 0. The fraction of sp³-hybridized carbons (Fsp3) is 0.290. The number of carboxylic acid groups (broad SMARTS) is 1. The van der Waals surface area contributed by atoms with Gasteiger partial charge in [-0.2, -0.15) is 0 Å². The summed E-state index contributed by atoms with van der Waals surface area (Å²) in [7, 11) is 0. The molecule has 4 aromatic rings.